The third-order valence-corrected chi connectivity index (χ3v) is 1.74. The maximum Gasteiger partial charge on any atom is 0.0635 e. The quantitative estimate of drug-likeness (QED) is 0.581. The van der Waals surface area contributed by atoms with Crippen molar-refractivity contribution in [3.63, 3.8) is 0 Å². The van der Waals surface area contributed by atoms with E-state index in [1.807, 2.05) is 0 Å². The van der Waals surface area contributed by atoms with Gasteiger partial charge in [-0.2, -0.15) is 5.26 Å². The summed E-state index contributed by atoms with van der Waals surface area (Å²) in [7, 11) is 0. The van der Waals surface area contributed by atoms with Gasteiger partial charge in [0.1, 0.15) is 0 Å². The fourth-order valence-electron chi connectivity index (χ4n) is 1.24. The predicted molar refractivity (Wildman–Crippen MR) is 55.0 cm³/mol. The van der Waals surface area contributed by atoms with E-state index in [9.17, 15) is 0 Å². The van der Waals surface area contributed by atoms with Gasteiger partial charge in [-0.25, -0.2) is 0 Å². The van der Waals surface area contributed by atoms with Crippen LogP contribution in [-0.2, 0) is 0 Å². The van der Waals surface area contributed by atoms with Crippen LogP contribution in [0.25, 0.3) is 0 Å². The molecule has 0 spiro atoms. The van der Waals surface area contributed by atoms with E-state index in [-0.39, 0.29) is 0 Å². The number of terminal acetylenes is 1. The lowest BCUT2D eigenvalue weighted by atomic mass is 10.2. The lowest BCUT2D eigenvalue weighted by molar-refractivity contribution is 0.255. The van der Waals surface area contributed by atoms with Gasteiger partial charge in [0.25, 0.3) is 0 Å². The monoisotopic (exact) mass is 178 g/mol. The van der Waals surface area contributed by atoms with Crippen LogP contribution >= 0.6 is 0 Å². The molecule has 0 aliphatic rings. The minimum Gasteiger partial charge on any atom is -0.301 e. The normalized spacial score (nSPS) is 10.0. The van der Waals surface area contributed by atoms with Crippen molar-refractivity contribution in [3.8, 4) is 18.4 Å². The van der Waals surface area contributed by atoms with Crippen molar-refractivity contribution in [1.82, 2.24) is 4.90 Å². The second kappa shape index (κ2) is 7.65. The molecule has 0 bridgehead atoms. The van der Waals surface area contributed by atoms with Crippen molar-refractivity contribution in [2.24, 2.45) is 5.92 Å². The molecule has 0 aliphatic carbocycles. The zero-order valence-corrected chi connectivity index (χ0v) is 8.58. The zero-order valence-electron chi connectivity index (χ0n) is 8.58. The Morgan fingerprint density at radius 3 is 2.38 bits per heavy atom. The summed E-state index contributed by atoms with van der Waals surface area (Å²) in [5.74, 6) is 3.26. The Balaban J connectivity index is 3.75. The molecule has 0 saturated carbocycles. The molecule has 2 heteroatoms. The van der Waals surface area contributed by atoms with Crippen LogP contribution in [0.1, 0.15) is 26.7 Å². The number of nitrogens with zero attached hydrogens (tertiary/aromatic N) is 2. The molecule has 0 unspecified atom stereocenters. The SMILES string of the molecule is C#CCCN(CCC#N)CC(C)C. The first-order valence-corrected chi connectivity index (χ1v) is 4.73. The van der Waals surface area contributed by atoms with E-state index in [0.29, 0.717) is 12.3 Å². The van der Waals surface area contributed by atoms with Gasteiger partial charge in [-0.1, -0.05) is 13.8 Å². The van der Waals surface area contributed by atoms with Crippen LogP contribution in [0, 0.1) is 29.6 Å². The first-order valence-electron chi connectivity index (χ1n) is 4.73. The molecule has 0 rings (SSSR count). The predicted octanol–water partition coefficient (Wildman–Crippen LogP) is 1.88. The van der Waals surface area contributed by atoms with Gasteiger partial charge in [0.05, 0.1) is 6.07 Å². The summed E-state index contributed by atoms with van der Waals surface area (Å²) >= 11 is 0. The minimum atomic E-state index is 0.595. The Bertz CT molecular complexity index is 177. The molecule has 0 N–H and O–H groups in total. The van der Waals surface area contributed by atoms with E-state index in [1.54, 1.807) is 0 Å². The molecule has 0 aliphatic heterocycles. The van der Waals surface area contributed by atoms with E-state index in [1.165, 1.54) is 0 Å². The topological polar surface area (TPSA) is 27.0 Å². The van der Waals surface area contributed by atoms with Gasteiger partial charge in [0.2, 0.25) is 0 Å². The number of rotatable bonds is 6. The zero-order chi connectivity index (χ0) is 10.1. The smallest absolute Gasteiger partial charge is 0.0635 e. The van der Waals surface area contributed by atoms with Crippen LogP contribution in [0.3, 0.4) is 0 Å². The minimum absolute atomic E-state index is 0.595. The maximum absolute atomic E-state index is 8.46. The highest BCUT2D eigenvalue weighted by Crippen LogP contribution is 2.00. The van der Waals surface area contributed by atoms with Crippen LogP contribution in [0.5, 0.6) is 0 Å². The number of nitriles is 1. The maximum atomic E-state index is 8.46. The molecule has 0 amide bonds. The summed E-state index contributed by atoms with van der Waals surface area (Å²) in [4.78, 5) is 2.26. The molecule has 0 saturated heterocycles. The second-order valence-electron chi connectivity index (χ2n) is 3.56. The highest BCUT2D eigenvalue weighted by Gasteiger charge is 2.05. The molecule has 0 radical (unpaired) electrons. The molecule has 0 fully saturated rings. The number of hydrogen-bond donors (Lipinski definition) is 0. The van der Waals surface area contributed by atoms with Crippen molar-refractivity contribution >= 4 is 0 Å². The fourth-order valence-corrected chi connectivity index (χ4v) is 1.24. The summed E-state index contributed by atoms with van der Waals surface area (Å²) in [6, 6.07) is 2.15. The third-order valence-electron chi connectivity index (χ3n) is 1.74. The highest BCUT2D eigenvalue weighted by molar-refractivity contribution is 4.85. The van der Waals surface area contributed by atoms with Gasteiger partial charge in [0, 0.05) is 32.5 Å². The number of hydrogen-bond acceptors (Lipinski definition) is 2. The molecule has 2 nitrogen and oxygen atoms in total. The van der Waals surface area contributed by atoms with E-state index in [4.69, 9.17) is 11.7 Å². The lowest BCUT2D eigenvalue weighted by Gasteiger charge is -2.21. The average Bonchev–Trinajstić information content (AvgIpc) is 2.09. The molecule has 13 heavy (non-hydrogen) atoms. The Morgan fingerprint density at radius 1 is 1.31 bits per heavy atom. The molecule has 0 aromatic heterocycles. The van der Waals surface area contributed by atoms with Crippen LogP contribution in [0.4, 0.5) is 0 Å². The summed E-state index contributed by atoms with van der Waals surface area (Å²) in [6.07, 6.45) is 6.57. The van der Waals surface area contributed by atoms with Gasteiger partial charge < -0.3 is 4.90 Å². The summed E-state index contributed by atoms with van der Waals surface area (Å²) < 4.78 is 0. The van der Waals surface area contributed by atoms with E-state index in [2.05, 4.69) is 30.7 Å². The first-order chi connectivity index (χ1) is 6.20. The molecule has 72 valence electrons. The van der Waals surface area contributed by atoms with Crippen molar-refractivity contribution in [2.45, 2.75) is 26.7 Å². The molecule has 0 heterocycles. The standard InChI is InChI=1S/C11H18N2/c1-4-5-8-13(9-6-7-12)10-11(2)3/h1,11H,5-6,8-10H2,2-3H3. The van der Waals surface area contributed by atoms with E-state index < -0.39 is 0 Å². The van der Waals surface area contributed by atoms with Gasteiger partial charge in [-0.3, -0.25) is 0 Å². The third kappa shape index (κ3) is 7.37. The van der Waals surface area contributed by atoms with Crippen LogP contribution < -0.4 is 0 Å². The summed E-state index contributed by atoms with van der Waals surface area (Å²) in [5.41, 5.74) is 0. The van der Waals surface area contributed by atoms with Crippen molar-refractivity contribution in [3.05, 3.63) is 0 Å². The highest BCUT2D eigenvalue weighted by atomic mass is 15.1. The van der Waals surface area contributed by atoms with Crippen molar-refractivity contribution < 1.29 is 0 Å². The Kier molecular flexibility index (Phi) is 7.07. The Morgan fingerprint density at radius 2 is 1.92 bits per heavy atom. The molecule has 0 aromatic carbocycles. The summed E-state index contributed by atoms with van der Waals surface area (Å²) in [5, 5.41) is 8.46. The van der Waals surface area contributed by atoms with E-state index in [0.717, 1.165) is 26.1 Å². The molecular weight excluding hydrogens is 160 g/mol. The van der Waals surface area contributed by atoms with Crippen LogP contribution in [0.15, 0.2) is 0 Å². The lowest BCUT2D eigenvalue weighted by Crippen LogP contribution is -2.29. The van der Waals surface area contributed by atoms with Gasteiger partial charge >= 0.3 is 0 Å². The molecular formula is C11H18N2. The van der Waals surface area contributed by atoms with Gasteiger partial charge in [-0.15, -0.1) is 12.3 Å². The van der Waals surface area contributed by atoms with Crippen molar-refractivity contribution in [2.75, 3.05) is 19.6 Å². The summed E-state index contributed by atoms with van der Waals surface area (Å²) in [6.45, 7) is 7.14. The van der Waals surface area contributed by atoms with Gasteiger partial charge in [-0.05, 0) is 5.92 Å². The fraction of sp³-hybridized carbons (Fsp3) is 0.727. The van der Waals surface area contributed by atoms with Crippen LogP contribution in [0.2, 0.25) is 0 Å². The van der Waals surface area contributed by atoms with E-state index >= 15 is 0 Å². The molecule has 0 aromatic rings. The van der Waals surface area contributed by atoms with Gasteiger partial charge in [0.15, 0.2) is 0 Å². The Hall–Kier alpha value is -0.990. The average molecular weight is 178 g/mol. The second-order valence-corrected chi connectivity index (χ2v) is 3.56. The van der Waals surface area contributed by atoms with Crippen molar-refractivity contribution in [1.29, 1.82) is 5.26 Å². The first kappa shape index (κ1) is 12.0. The largest absolute Gasteiger partial charge is 0.301 e. The molecule has 0 atom stereocenters. The Labute approximate surface area is 81.5 Å². The van der Waals surface area contributed by atoms with Crippen LogP contribution in [-0.4, -0.2) is 24.5 Å².